The molecule has 0 aromatic carbocycles. The van der Waals surface area contributed by atoms with E-state index in [0.29, 0.717) is 6.42 Å². The van der Waals surface area contributed by atoms with Crippen LogP contribution in [0.2, 0.25) is 0 Å². The molecule has 84 valence electrons. The quantitative estimate of drug-likeness (QED) is 0.248. The Morgan fingerprint density at radius 1 is 1.27 bits per heavy atom. The first-order valence-corrected chi connectivity index (χ1v) is 4.73. The van der Waals surface area contributed by atoms with Gasteiger partial charge in [0.1, 0.15) is 5.57 Å². The molecule has 0 atom stereocenters. The van der Waals surface area contributed by atoms with Crippen LogP contribution in [0, 0.1) is 0 Å². The minimum Gasteiger partial charge on any atom is -0.477 e. The van der Waals surface area contributed by atoms with E-state index < -0.39 is 11.9 Å². The number of hydrogen-bond acceptors (Lipinski definition) is 3. The fourth-order valence-electron chi connectivity index (χ4n) is 0.879. The highest BCUT2D eigenvalue weighted by Crippen LogP contribution is 2.03. The zero-order chi connectivity index (χ0) is 11.8. The van der Waals surface area contributed by atoms with E-state index in [9.17, 15) is 9.59 Å². The van der Waals surface area contributed by atoms with Crippen molar-refractivity contribution in [3.05, 3.63) is 23.3 Å². The number of esters is 1. The number of carbonyl (C=O) groups is 2. The van der Waals surface area contributed by atoms with Gasteiger partial charge in [0, 0.05) is 0 Å². The van der Waals surface area contributed by atoms with Crippen molar-refractivity contribution in [2.45, 2.75) is 27.2 Å². The van der Waals surface area contributed by atoms with Crippen LogP contribution in [0.1, 0.15) is 27.2 Å². The van der Waals surface area contributed by atoms with Gasteiger partial charge < -0.3 is 9.84 Å². The second kappa shape index (κ2) is 6.81. The Hall–Kier alpha value is -1.58. The highest BCUT2D eigenvalue weighted by Gasteiger charge is 2.17. The molecule has 0 aromatic rings. The molecule has 0 aromatic heterocycles. The second-order valence-electron chi connectivity index (χ2n) is 3.16. The van der Waals surface area contributed by atoms with Crippen LogP contribution in [0.25, 0.3) is 0 Å². The standard InChI is InChI=1S/C11H16O4/c1-4-15-11(14)9(10(12)13)7-5-6-8(2)3/h6-7H,4-5H2,1-3H3,(H,12,13). The van der Waals surface area contributed by atoms with E-state index >= 15 is 0 Å². The Morgan fingerprint density at radius 2 is 1.87 bits per heavy atom. The average molecular weight is 212 g/mol. The summed E-state index contributed by atoms with van der Waals surface area (Å²) in [5.41, 5.74) is 0.759. The number of rotatable bonds is 5. The van der Waals surface area contributed by atoms with Gasteiger partial charge in [0.05, 0.1) is 6.61 Å². The van der Waals surface area contributed by atoms with Crippen LogP contribution in [0.3, 0.4) is 0 Å². The van der Waals surface area contributed by atoms with Gasteiger partial charge in [-0.3, -0.25) is 0 Å². The summed E-state index contributed by atoms with van der Waals surface area (Å²) < 4.78 is 4.61. The first-order valence-electron chi connectivity index (χ1n) is 4.73. The fraction of sp³-hybridized carbons (Fsp3) is 0.455. The van der Waals surface area contributed by atoms with E-state index in [1.807, 2.05) is 19.9 Å². The average Bonchev–Trinajstić information content (AvgIpc) is 2.11. The van der Waals surface area contributed by atoms with Crippen molar-refractivity contribution in [2.75, 3.05) is 6.61 Å². The van der Waals surface area contributed by atoms with Crippen molar-refractivity contribution >= 4 is 11.9 Å². The molecule has 4 heteroatoms. The molecular formula is C11H16O4. The van der Waals surface area contributed by atoms with Gasteiger partial charge in [-0.2, -0.15) is 0 Å². The Labute approximate surface area is 89.2 Å². The molecule has 0 bridgehead atoms. The maximum Gasteiger partial charge on any atom is 0.345 e. The van der Waals surface area contributed by atoms with E-state index in [1.54, 1.807) is 6.92 Å². The lowest BCUT2D eigenvalue weighted by molar-refractivity contribution is -0.143. The van der Waals surface area contributed by atoms with Crippen LogP contribution in [-0.2, 0) is 14.3 Å². The third-order valence-corrected chi connectivity index (χ3v) is 1.57. The van der Waals surface area contributed by atoms with Crippen molar-refractivity contribution < 1.29 is 19.4 Å². The van der Waals surface area contributed by atoms with Gasteiger partial charge in [0.25, 0.3) is 0 Å². The molecule has 0 heterocycles. The van der Waals surface area contributed by atoms with Crippen LogP contribution in [0.15, 0.2) is 23.3 Å². The van der Waals surface area contributed by atoms with Gasteiger partial charge >= 0.3 is 11.9 Å². The molecule has 0 unspecified atom stereocenters. The molecule has 0 rings (SSSR count). The van der Waals surface area contributed by atoms with Crippen LogP contribution in [0.4, 0.5) is 0 Å². The number of carbonyl (C=O) groups excluding carboxylic acids is 1. The minimum atomic E-state index is -1.25. The molecule has 0 spiro atoms. The lowest BCUT2D eigenvalue weighted by Crippen LogP contribution is -2.15. The molecule has 0 amide bonds. The molecule has 0 saturated heterocycles. The van der Waals surface area contributed by atoms with E-state index in [-0.39, 0.29) is 12.2 Å². The van der Waals surface area contributed by atoms with Crippen molar-refractivity contribution in [1.29, 1.82) is 0 Å². The van der Waals surface area contributed by atoms with Gasteiger partial charge in [0.15, 0.2) is 0 Å². The lowest BCUT2D eigenvalue weighted by atomic mass is 10.2. The minimum absolute atomic E-state index is 0.173. The third-order valence-electron chi connectivity index (χ3n) is 1.57. The van der Waals surface area contributed by atoms with Crippen LogP contribution < -0.4 is 0 Å². The molecule has 0 aliphatic carbocycles. The number of allylic oxidation sites excluding steroid dienone is 3. The number of aliphatic carboxylic acids is 1. The smallest absolute Gasteiger partial charge is 0.345 e. The third kappa shape index (κ3) is 5.67. The Kier molecular flexibility index (Phi) is 6.09. The van der Waals surface area contributed by atoms with Gasteiger partial charge in [-0.1, -0.05) is 17.7 Å². The lowest BCUT2D eigenvalue weighted by Gasteiger charge is -2.01. The van der Waals surface area contributed by atoms with Gasteiger partial charge in [-0.25, -0.2) is 9.59 Å². The van der Waals surface area contributed by atoms with Gasteiger partial charge in [0.2, 0.25) is 0 Å². The molecule has 0 radical (unpaired) electrons. The number of ether oxygens (including phenoxy) is 1. The molecule has 15 heavy (non-hydrogen) atoms. The summed E-state index contributed by atoms with van der Waals surface area (Å²) in [6.07, 6.45) is 3.61. The Bertz CT molecular complexity index is 296. The summed E-state index contributed by atoms with van der Waals surface area (Å²) in [7, 11) is 0. The second-order valence-corrected chi connectivity index (χ2v) is 3.16. The van der Waals surface area contributed by atoms with Gasteiger partial charge in [-0.05, 0) is 27.2 Å². The molecule has 0 saturated carbocycles. The maximum absolute atomic E-state index is 11.2. The monoisotopic (exact) mass is 212 g/mol. The summed E-state index contributed by atoms with van der Waals surface area (Å²) in [6.45, 7) is 5.61. The molecule has 4 nitrogen and oxygen atoms in total. The maximum atomic E-state index is 11.2. The highest BCUT2D eigenvalue weighted by atomic mass is 16.5. The highest BCUT2D eigenvalue weighted by molar-refractivity contribution is 6.13. The SMILES string of the molecule is CCOC(=O)C(=CCC=C(C)C)C(=O)O. The predicted molar refractivity (Wildman–Crippen MR) is 56.4 cm³/mol. The van der Waals surface area contributed by atoms with E-state index in [2.05, 4.69) is 4.74 Å². The summed E-state index contributed by atoms with van der Waals surface area (Å²) in [6, 6.07) is 0. The largest absolute Gasteiger partial charge is 0.477 e. The number of carboxylic acid groups (broad SMARTS) is 1. The molecule has 0 fully saturated rings. The summed E-state index contributed by atoms with van der Waals surface area (Å²) in [5.74, 6) is -2.04. The zero-order valence-electron chi connectivity index (χ0n) is 9.24. The summed E-state index contributed by atoms with van der Waals surface area (Å²) >= 11 is 0. The Morgan fingerprint density at radius 3 is 2.27 bits per heavy atom. The van der Waals surface area contributed by atoms with Crippen molar-refractivity contribution in [2.24, 2.45) is 0 Å². The first-order chi connectivity index (χ1) is 6.99. The molecule has 1 N–H and O–H groups in total. The van der Waals surface area contributed by atoms with E-state index in [1.165, 1.54) is 6.08 Å². The van der Waals surface area contributed by atoms with Crippen molar-refractivity contribution in [3.8, 4) is 0 Å². The topological polar surface area (TPSA) is 63.6 Å². The first kappa shape index (κ1) is 13.4. The van der Waals surface area contributed by atoms with Crippen molar-refractivity contribution in [1.82, 2.24) is 0 Å². The predicted octanol–water partition coefficient (Wildman–Crippen LogP) is 1.92. The normalized spacial score (nSPS) is 10.7. The van der Waals surface area contributed by atoms with E-state index in [4.69, 9.17) is 5.11 Å². The Balaban J connectivity index is 4.59. The summed E-state index contributed by atoms with van der Waals surface area (Å²) in [5, 5.41) is 8.75. The number of hydrogen-bond donors (Lipinski definition) is 1. The fourth-order valence-corrected chi connectivity index (χ4v) is 0.879. The van der Waals surface area contributed by atoms with Gasteiger partial charge in [-0.15, -0.1) is 0 Å². The summed E-state index contributed by atoms with van der Waals surface area (Å²) in [4.78, 5) is 21.9. The van der Waals surface area contributed by atoms with Crippen LogP contribution >= 0.6 is 0 Å². The molecule has 0 aliphatic rings. The molecule has 0 aliphatic heterocycles. The number of carboxylic acids is 1. The molecular weight excluding hydrogens is 196 g/mol. The zero-order valence-corrected chi connectivity index (χ0v) is 9.24. The van der Waals surface area contributed by atoms with Crippen molar-refractivity contribution in [3.63, 3.8) is 0 Å². The van der Waals surface area contributed by atoms with E-state index in [0.717, 1.165) is 5.57 Å². The van der Waals surface area contributed by atoms with Crippen LogP contribution in [0.5, 0.6) is 0 Å². The van der Waals surface area contributed by atoms with Crippen LogP contribution in [-0.4, -0.2) is 23.7 Å².